The molecule has 0 amide bonds. The van der Waals surface area contributed by atoms with Crippen LogP contribution in [0.2, 0.25) is 0 Å². The van der Waals surface area contributed by atoms with Crippen LogP contribution in [0.15, 0.2) is 72.8 Å². The second kappa shape index (κ2) is 13.1. The average Bonchev–Trinajstić information content (AvgIpc) is 2.84. The van der Waals surface area contributed by atoms with Gasteiger partial charge in [-0.15, -0.1) is 0 Å². The van der Waals surface area contributed by atoms with Crippen molar-refractivity contribution in [1.82, 2.24) is 0 Å². The Labute approximate surface area is 206 Å². The van der Waals surface area contributed by atoms with E-state index in [1.165, 1.54) is 4.90 Å². The van der Waals surface area contributed by atoms with Crippen molar-refractivity contribution in [3.8, 4) is 11.5 Å². The molecule has 0 bridgehead atoms. The van der Waals surface area contributed by atoms with E-state index in [9.17, 15) is 33.4 Å². The molecule has 0 heterocycles. The number of rotatable bonds is 9. The molecule has 36 heavy (non-hydrogen) atoms. The van der Waals surface area contributed by atoms with Crippen LogP contribution in [0.5, 0.6) is 11.5 Å². The van der Waals surface area contributed by atoms with Gasteiger partial charge in [0, 0.05) is 25.2 Å². The Morgan fingerprint density at radius 1 is 0.778 bits per heavy atom. The van der Waals surface area contributed by atoms with Crippen molar-refractivity contribution in [2.75, 3.05) is 18.0 Å². The van der Waals surface area contributed by atoms with E-state index in [4.69, 9.17) is 4.74 Å². The maximum Gasteiger partial charge on any atom is 0.416 e. The van der Waals surface area contributed by atoms with Crippen molar-refractivity contribution in [1.29, 1.82) is 0 Å². The number of halogens is 3. The molecule has 0 fully saturated rings. The molecule has 3 aromatic carbocycles. The molecule has 0 N–H and O–H groups in total. The molecule has 3 aromatic rings. The van der Waals surface area contributed by atoms with Crippen LogP contribution >= 0.6 is 0 Å². The van der Waals surface area contributed by atoms with Crippen molar-refractivity contribution in [2.45, 2.75) is 32.9 Å². The fourth-order valence-corrected chi connectivity index (χ4v) is 3.36. The van der Waals surface area contributed by atoms with Gasteiger partial charge >= 0.3 is 6.18 Å². The second-order valence-corrected chi connectivity index (χ2v) is 7.59. The molecule has 0 saturated carbocycles. The zero-order valence-corrected chi connectivity index (χ0v) is 19.8. The first-order valence-electron chi connectivity index (χ1n) is 11.1. The van der Waals surface area contributed by atoms with Gasteiger partial charge < -0.3 is 9.64 Å². The lowest BCUT2D eigenvalue weighted by Crippen LogP contribution is -2.27. The topological polar surface area (TPSA) is 98.8 Å². The van der Waals surface area contributed by atoms with Crippen LogP contribution in [-0.4, -0.2) is 22.9 Å². The van der Waals surface area contributed by atoms with Gasteiger partial charge in [0.1, 0.15) is 11.5 Å². The van der Waals surface area contributed by atoms with E-state index in [0.717, 1.165) is 11.5 Å². The van der Waals surface area contributed by atoms with Gasteiger partial charge in [-0.25, -0.2) is 0 Å². The summed E-state index contributed by atoms with van der Waals surface area (Å²) in [5.74, 6) is 1.74. The highest BCUT2D eigenvalue weighted by molar-refractivity contribution is 5.76. The van der Waals surface area contributed by atoms with E-state index >= 15 is 0 Å². The molecular weight excluding hydrogens is 479 g/mol. The normalized spacial score (nSPS) is 10.7. The molecule has 8 nitrogen and oxygen atoms in total. The van der Waals surface area contributed by atoms with Gasteiger partial charge in [0.25, 0.3) is 11.4 Å². The fourth-order valence-electron chi connectivity index (χ4n) is 3.36. The lowest BCUT2D eigenvalue weighted by molar-refractivity contribution is -0.393. The lowest BCUT2D eigenvalue weighted by Gasteiger charge is -2.23. The summed E-state index contributed by atoms with van der Waals surface area (Å²) >= 11 is 0. The zero-order chi connectivity index (χ0) is 26.7. The first kappa shape index (κ1) is 28.1. The van der Waals surface area contributed by atoms with Crippen LogP contribution in [-0.2, 0) is 6.18 Å². The maximum atomic E-state index is 12.8. The van der Waals surface area contributed by atoms with Gasteiger partial charge in [-0.2, -0.15) is 13.2 Å². The molecule has 11 heteroatoms. The summed E-state index contributed by atoms with van der Waals surface area (Å²) in [6, 6.07) is 20.2. The summed E-state index contributed by atoms with van der Waals surface area (Å²) in [5, 5.41) is 22.4. The Balaban J connectivity index is 0.000000293. The predicted molar refractivity (Wildman–Crippen MR) is 131 cm³/mol. The average molecular weight is 505 g/mol. The molecule has 0 aliphatic heterocycles. The summed E-state index contributed by atoms with van der Waals surface area (Å²) in [5.41, 5.74) is -3.61. The largest absolute Gasteiger partial charge is 0.457 e. The lowest BCUT2D eigenvalue weighted by atomic mass is 10.1. The summed E-state index contributed by atoms with van der Waals surface area (Å²) in [6.45, 7) is 4.07. The van der Waals surface area contributed by atoms with Gasteiger partial charge in [-0.1, -0.05) is 50.2 Å². The number of anilines is 1. The monoisotopic (exact) mass is 505 g/mol. The number of nitrogens with zero attached hydrogens (tertiary/aromatic N) is 3. The minimum absolute atomic E-state index is 0.265. The molecule has 0 aromatic heterocycles. The number of alkyl halides is 3. The molecule has 0 aliphatic carbocycles. The van der Waals surface area contributed by atoms with E-state index in [1.807, 2.05) is 60.7 Å². The van der Waals surface area contributed by atoms with E-state index in [2.05, 4.69) is 0 Å². The zero-order valence-electron chi connectivity index (χ0n) is 19.8. The second-order valence-electron chi connectivity index (χ2n) is 7.59. The molecule has 0 saturated heterocycles. The standard InChI is InChI=1S/C13H16F3N3O4.C12H10O/c1-3-5-17(6-4-2)12-10(18(20)21)7-9(13(14,15)16)8-11(12)19(22)23;1-3-7-11(8-4-1)13-12-9-5-2-6-10-12/h7-8H,3-6H2,1-2H3;1-10H. The summed E-state index contributed by atoms with van der Waals surface area (Å²) in [4.78, 5) is 21.7. The Morgan fingerprint density at radius 3 is 1.47 bits per heavy atom. The molecule has 0 aliphatic rings. The number of nitro benzene ring substituents is 2. The quantitative estimate of drug-likeness (QED) is 0.219. The highest BCUT2D eigenvalue weighted by Gasteiger charge is 2.38. The van der Waals surface area contributed by atoms with Crippen LogP contribution in [0.25, 0.3) is 0 Å². The molecule has 0 unspecified atom stereocenters. The molecule has 0 radical (unpaired) electrons. The van der Waals surface area contributed by atoms with E-state index in [0.29, 0.717) is 25.0 Å². The summed E-state index contributed by atoms with van der Waals surface area (Å²) < 4.78 is 44.1. The Hall–Kier alpha value is -4.15. The number of ether oxygens (including phenoxy) is 1. The van der Waals surface area contributed by atoms with E-state index in [1.54, 1.807) is 13.8 Å². The minimum Gasteiger partial charge on any atom is -0.457 e. The molecule has 0 atom stereocenters. The van der Waals surface area contributed by atoms with Crippen LogP contribution in [0.3, 0.4) is 0 Å². The highest BCUT2D eigenvalue weighted by atomic mass is 19.4. The van der Waals surface area contributed by atoms with Crippen molar-refractivity contribution in [3.63, 3.8) is 0 Å². The van der Waals surface area contributed by atoms with Gasteiger partial charge in [0.15, 0.2) is 5.69 Å². The van der Waals surface area contributed by atoms with Gasteiger partial charge in [0.05, 0.1) is 15.4 Å². The van der Waals surface area contributed by atoms with Gasteiger partial charge in [0.2, 0.25) is 0 Å². The van der Waals surface area contributed by atoms with Crippen LogP contribution in [0.1, 0.15) is 32.3 Å². The predicted octanol–water partition coefficient (Wildman–Crippen LogP) is 7.63. The third kappa shape index (κ3) is 7.97. The Bertz CT molecular complexity index is 1060. The van der Waals surface area contributed by atoms with Crippen molar-refractivity contribution in [2.24, 2.45) is 0 Å². The van der Waals surface area contributed by atoms with Crippen molar-refractivity contribution >= 4 is 17.1 Å². The number of benzene rings is 3. The molecular formula is C25H26F3N3O5. The van der Waals surface area contributed by atoms with Crippen molar-refractivity contribution in [3.05, 3.63) is 98.6 Å². The number of hydrogen-bond donors (Lipinski definition) is 0. The van der Waals surface area contributed by atoms with Crippen LogP contribution < -0.4 is 9.64 Å². The number of hydrogen-bond acceptors (Lipinski definition) is 6. The third-order valence-electron chi connectivity index (χ3n) is 4.82. The fraction of sp³-hybridized carbons (Fsp3) is 0.280. The third-order valence-corrected chi connectivity index (χ3v) is 4.82. The van der Waals surface area contributed by atoms with Crippen molar-refractivity contribution < 1.29 is 27.8 Å². The number of para-hydroxylation sites is 2. The van der Waals surface area contributed by atoms with Gasteiger partial charge in [-0.05, 0) is 37.1 Å². The molecule has 192 valence electrons. The first-order valence-corrected chi connectivity index (χ1v) is 11.1. The van der Waals surface area contributed by atoms with Gasteiger partial charge in [-0.3, -0.25) is 20.2 Å². The maximum absolute atomic E-state index is 12.8. The smallest absolute Gasteiger partial charge is 0.416 e. The highest BCUT2D eigenvalue weighted by Crippen LogP contribution is 2.43. The summed E-state index contributed by atoms with van der Waals surface area (Å²) in [7, 11) is 0. The SMILES string of the molecule is CCCN(CCC)c1c([N+](=O)[O-])cc(C(F)(F)F)cc1[N+](=O)[O-].c1ccc(Oc2ccccc2)cc1. The van der Waals surface area contributed by atoms with E-state index in [-0.39, 0.29) is 18.8 Å². The Morgan fingerprint density at radius 2 is 1.17 bits per heavy atom. The van der Waals surface area contributed by atoms with Crippen LogP contribution in [0.4, 0.5) is 30.2 Å². The molecule has 0 spiro atoms. The first-order chi connectivity index (χ1) is 17.1. The summed E-state index contributed by atoms with van der Waals surface area (Å²) in [6.07, 6.45) is -3.83. The van der Waals surface area contributed by atoms with Crippen LogP contribution in [0, 0.1) is 20.2 Å². The van der Waals surface area contributed by atoms with E-state index < -0.39 is 33.0 Å². The molecule has 3 rings (SSSR count). The number of nitro groups is 2. The Kier molecular flexibility index (Phi) is 10.2. The minimum atomic E-state index is -4.91.